The van der Waals surface area contributed by atoms with Crippen LogP contribution in [0.5, 0.6) is 0 Å². The van der Waals surface area contributed by atoms with Gasteiger partial charge in [-0.15, -0.1) is 0 Å². The van der Waals surface area contributed by atoms with Gasteiger partial charge in [-0.3, -0.25) is 10.2 Å². The minimum atomic E-state index is -0.416. The highest BCUT2D eigenvalue weighted by Crippen LogP contribution is 2.49. The van der Waals surface area contributed by atoms with E-state index in [2.05, 4.69) is 15.5 Å². The summed E-state index contributed by atoms with van der Waals surface area (Å²) < 4.78 is 0. The smallest absolute Gasteiger partial charge is 0.275 e. The fourth-order valence-corrected chi connectivity index (χ4v) is 3.60. The summed E-state index contributed by atoms with van der Waals surface area (Å²) in [5.74, 6) is 0.458. The van der Waals surface area contributed by atoms with Crippen molar-refractivity contribution in [1.82, 2.24) is 9.88 Å². The highest BCUT2D eigenvalue weighted by Gasteiger charge is 2.53. The van der Waals surface area contributed by atoms with Crippen LogP contribution < -0.4 is 5.43 Å². The van der Waals surface area contributed by atoms with Crippen LogP contribution in [0.1, 0.15) is 35.4 Å². The van der Waals surface area contributed by atoms with E-state index < -0.39 is 5.54 Å². The molecule has 2 saturated heterocycles. The first-order valence-corrected chi connectivity index (χ1v) is 7.78. The van der Waals surface area contributed by atoms with Gasteiger partial charge in [-0.25, -0.2) is 4.98 Å². The second-order valence-corrected chi connectivity index (χ2v) is 6.31. The number of rotatable bonds is 5. The molecule has 1 aromatic heterocycles. The molecule has 1 aromatic rings. The van der Waals surface area contributed by atoms with Crippen LogP contribution in [0.25, 0.3) is 0 Å². The maximum Gasteiger partial charge on any atom is 0.275 e. The summed E-state index contributed by atoms with van der Waals surface area (Å²) in [5.41, 5.74) is 3.91. The number of hydrazone groups is 1. The van der Waals surface area contributed by atoms with Gasteiger partial charge in [-0.2, -0.15) is 5.10 Å². The largest absolute Gasteiger partial charge is 0.394 e. The molecule has 4 rings (SSSR count). The highest BCUT2D eigenvalue weighted by molar-refractivity contribution is 6.14. The van der Waals surface area contributed by atoms with Crippen molar-refractivity contribution in [3.8, 4) is 0 Å². The van der Waals surface area contributed by atoms with Crippen LogP contribution in [0, 0.1) is 18.3 Å². The molecule has 0 radical (unpaired) electrons. The minimum Gasteiger partial charge on any atom is -0.394 e. The predicted octanol–water partition coefficient (Wildman–Crippen LogP) is 1.42. The number of anilines is 1. The topological polar surface area (TPSA) is 102 Å². The van der Waals surface area contributed by atoms with Crippen molar-refractivity contribution in [2.75, 3.05) is 18.6 Å². The van der Waals surface area contributed by atoms with Crippen LogP contribution >= 0.6 is 0 Å². The Morgan fingerprint density at radius 3 is 3.09 bits per heavy atom. The Morgan fingerprint density at radius 1 is 1.61 bits per heavy atom. The van der Waals surface area contributed by atoms with Crippen molar-refractivity contribution in [3.63, 3.8) is 0 Å². The number of pyridine rings is 1. The zero-order valence-corrected chi connectivity index (χ0v) is 13.1. The van der Waals surface area contributed by atoms with Gasteiger partial charge in [-0.1, -0.05) is 0 Å². The summed E-state index contributed by atoms with van der Waals surface area (Å²) in [7, 11) is 0. The number of piperidine rings is 2. The van der Waals surface area contributed by atoms with Gasteiger partial charge < -0.3 is 15.4 Å². The zero-order chi connectivity index (χ0) is 16.4. The van der Waals surface area contributed by atoms with E-state index in [1.54, 1.807) is 17.0 Å². The number of carbonyl (C=O) groups is 1. The molecule has 23 heavy (non-hydrogen) atoms. The van der Waals surface area contributed by atoms with E-state index in [1.807, 2.05) is 6.92 Å². The number of fused-ring (bicyclic) bond motifs is 2. The fourth-order valence-electron chi connectivity index (χ4n) is 3.60. The van der Waals surface area contributed by atoms with Crippen LogP contribution in [0.2, 0.25) is 0 Å². The molecule has 7 nitrogen and oxygen atoms in total. The van der Waals surface area contributed by atoms with Gasteiger partial charge in [0.25, 0.3) is 5.91 Å². The summed E-state index contributed by atoms with van der Waals surface area (Å²) in [5, 5.41) is 20.6. The van der Waals surface area contributed by atoms with Crippen molar-refractivity contribution in [3.05, 3.63) is 23.5 Å². The second-order valence-electron chi connectivity index (χ2n) is 6.31. The molecule has 2 bridgehead atoms. The molecule has 3 N–H and O–H groups in total. The number of aryl methyl sites for hydroxylation is 1. The van der Waals surface area contributed by atoms with Crippen molar-refractivity contribution in [1.29, 1.82) is 5.41 Å². The molecule has 0 unspecified atom stereocenters. The zero-order valence-electron chi connectivity index (χ0n) is 13.1. The van der Waals surface area contributed by atoms with Crippen molar-refractivity contribution >= 4 is 24.0 Å². The number of nitrogens with one attached hydrogen (secondary N) is 2. The average molecular weight is 315 g/mol. The molecular weight excluding hydrogens is 294 g/mol. The lowest BCUT2D eigenvalue weighted by atomic mass is 9.63. The van der Waals surface area contributed by atoms with E-state index in [0.29, 0.717) is 23.8 Å². The number of aliphatic hydroxyl groups excluding tert-OH is 1. The monoisotopic (exact) mass is 315 g/mol. The summed E-state index contributed by atoms with van der Waals surface area (Å²) in [6, 6.07) is 3.56. The van der Waals surface area contributed by atoms with Crippen molar-refractivity contribution in [2.24, 2.45) is 11.0 Å². The first-order valence-electron chi connectivity index (χ1n) is 7.78. The Bertz CT molecular complexity index is 652. The average Bonchev–Trinajstić information content (AvgIpc) is 2.54. The lowest BCUT2D eigenvalue weighted by Crippen LogP contribution is -2.66. The van der Waals surface area contributed by atoms with Crippen molar-refractivity contribution in [2.45, 2.75) is 31.7 Å². The van der Waals surface area contributed by atoms with Crippen LogP contribution in [0.3, 0.4) is 0 Å². The van der Waals surface area contributed by atoms with Gasteiger partial charge in [0.1, 0.15) is 0 Å². The van der Waals surface area contributed by atoms with Crippen LogP contribution in [-0.2, 0) is 0 Å². The standard InChI is InChI=1S/C16H21N5O2/c1-11-2-3-13(20-18-6-5-17)14(19-11)15(23)21-7-4-12-8-16(21,9-12)10-22/h2-3,5-6,12,17,20,22H,4,7-10H2,1H3/b17-5?,18-6-. The number of hydrogen-bond acceptors (Lipinski definition) is 6. The maximum absolute atomic E-state index is 13.0. The SMILES string of the molecule is Cc1ccc(N/N=C\C=N)c(C(=O)N2CCC3CC2(CO)C3)n1. The van der Waals surface area contributed by atoms with E-state index >= 15 is 0 Å². The highest BCUT2D eigenvalue weighted by atomic mass is 16.3. The molecule has 7 heteroatoms. The Kier molecular flexibility index (Phi) is 4.12. The third-order valence-corrected chi connectivity index (χ3v) is 4.78. The number of carbonyl (C=O) groups excluding carboxylic acids is 1. The van der Waals surface area contributed by atoms with Gasteiger partial charge >= 0.3 is 0 Å². The summed E-state index contributed by atoms with van der Waals surface area (Å²) in [4.78, 5) is 19.2. The molecule has 1 aliphatic carbocycles. The number of aromatic nitrogens is 1. The van der Waals surface area contributed by atoms with E-state index in [0.717, 1.165) is 31.2 Å². The summed E-state index contributed by atoms with van der Waals surface area (Å²) in [6.07, 6.45) is 5.07. The Balaban J connectivity index is 1.90. The Hall–Kier alpha value is -2.28. The van der Waals surface area contributed by atoms with Gasteiger partial charge in [0.05, 0.1) is 24.0 Å². The first kappa shape index (κ1) is 15.6. The van der Waals surface area contributed by atoms with Gasteiger partial charge in [0, 0.05) is 18.5 Å². The number of aliphatic hydroxyl groups is 1. The van der Waals surface area contributed by atoms with E-state index in [1.165, 1.54) is 6.21 Å². The third kappa shape index (κ3) is 2.72. The molecule has 3 fully saturated rings. The van der Waals surface area contributed by atoms with E-state index in [9.17, 15) is 9.90 Å². The number of amides is 1. The quantitative estimate of drug-likeness (QED) is 0.565. The molecule has 0 spiro atoms. The lowest BCUT2D eigenvalue weighted by molar-refractivity contribution is -0.0852. The Morgan fingerprint density at radius 2 is 2.39 bits per heavy atom. The van der Waals surface area contributed by atoms with Crippen molar-refractivity contribution < 1.29 is 9.90 Å². The van der Waals surface area contributed by atoms with Gasteiger partial charge in [0.15, 0.2) is 5.69 Å². The fraction of sp³-hybridized carbons (Fsp3) is 0.500. The minimum absolute atomic E-state index is 0.00419. The van der Waals surface area contributed by atoms with Gasteiger partial charge in [0.2, 0.25) is 0 Å². The third-order valence-electron chi connectivity index (χ3n) is 4.78. The molecule has 122 valence electrons. The van der Waals surface area contributed by atoms with Gasteiger partial charge in [-0.05, 0) is 44.2 Å². The van der Waals surface area contributed by atoms with Crippen LogP contribution in [0.4, 0.5) is 5.69 Å². The number of hydrogen-bond donors (Lipinski definition) is 3. The Labute approximate surface area is 134 Å². The molecule has 3 aliphatic rings. The summed E-state index contributed by atoms with van der Waals surface area (Å²) in [6.45, 7) is 2.48. The molecule has 1 saturated carbocycles. The molecule has 0 aromatic carbocycles. The summed E-state index contributed by atoms with van der Waals surface area (Å²) >= 11 is 0. The van der Waals surface area contributed by atoms with Crippen LogP contribution in [-0.4, -0.2) is 52.0 Å². The van der Waals surface area contributed by atoms with E-state index in [-0.39, 0.29) is 12.5 Å². The van der Waals surface area contributed by atoms with Crippen LogP contribution in [0.15, 0.2) is 17.2 Å². The normalized spacial score (nSPS) is 26.0. The second kappa shape index (κ2) is 6.08. The molecule has 3 heterocycles. The predicted molar refractivity (Wildman–Crippen MR) is 88.1 cm³/mol. The molecule has 0 atom stereocenters. The number of nitrogens with zero attached hydrogens (tertiary/aromatic N) is 3. The molecular formula is C16H21N5O2. The first-order chi connectivity index (χ1) is 11.1. The maximum atomic E-state index is 13.0. The van der Waals surface area contributed by atoms with E-state index in [4.69, 9.17) is 5.41 Å². The molecule has 2 aliphatic heterocycles. The lowest BCUT2D eigenvalue weighted by Gasteiger charge is -2.58. The molecule has 1 amide bonds.